The van der Waals surface area contributed by atoms with E-state index in [-0.39, 0.29) is 18.1 Å². The molecule has 7 heteroatoms. The van der Waals surface area contributed by atoms with Crippen LogP contribution in [0.25, 0.3) is 10.9 Å². The Morgan fingerprint density at radius 1 is 1.18 bits per heavy atom. The molecule has 0 aliphatic carbocycles. The normalized spacial score (nSPS) is 10.5. The number of hydrogen-bond donors (Lipinski definition) is 2. The van der Waals surface area contributed by atoms with Crippen LogP contribution in [-0.2, 0) is 11.3 Å². The van der Waals surface area contributed by atoms with Crippen LogP contribution in [0.4, 0.5) is 0 Å². The third-order valence-electron chi connectivity index (χ3n) is 3.16. The maximum absolute atomic E-state index is 12.4. The summed E-state index contributed by atoms with van der Waals surface area (Å²) in [6, 6.07) is 6.99. The van der Waals surface area contributed by atoms with Gasteiger partial charge in [0, 0.05) is 18.5 Å². The molecular weight excluding hydrogens is 284 g/mol. The number of fused-ring (bicyclic) bond motifs is 1. The zero-order valence-corrected chi connectivity index (χ0v) is 12.5. The Labute approximate surface area is 127 Å². The maximum atomic E-state index is 12.4. The summed E-state index contributed by atoms with van der Waals surface area (Å²) in [6.07, 6.45) is 0. The van der Waals surface area contributed by atoms with Crippen molar-refractivity contribution in [2.75, 3.05) is 13.1 Å². The van der Waals surface area contributed by atoms with Crippen molar-refractivity contribution in [3.8, 4) is 0 Å². The van der Waals surface area contributed by atoms with E-state index in [1.165, 1.54) is 0 Å². The van der Waals surface area contributed by atoms with Crippen molar-refractivity contribution in [2.24, 2.45) is 0 Å². The lowest BCUT2D eigenvalue weighted by molar-refractivity contribution is -0.120. The van der Waals surface area contributed by atoms with E-state index < -0.39 is 11.3 Å². The number of nitrogens with zero attached hydrogens (tertiary/aromatic N) is 2. The Kier molecular flexibility index (Phi) is 4.88. The van der Waals surface area contributed by atoms with Gasteiger partial charge in [-0.15, -0.1) is 0 Å². The van der Waals surface area contributed by atoms with Gasteiger partial charge in [-0.2, -0.15) is 5.10 Å². The van der Waals surface area contributed by atoms with Crippen LogP contribution in [0.3, 0.4) is 0 Å². The number of aromatic nitrogens is 2. The number of likely N-dealkylation sites (N-methyl/N-ethyl adjacent to an activating group) is 1. The lowest BCUT2D eigenvalue weighted by atomic mass is 10.2. The molecule has 2 amide bonds. The first kappa shape index (κ1) is 15.7. The molecule has 7 nitrogen and oxygen atoms in total. The number of para-hydroxylation sites is 1. The summed E-state index contributed by atoms with van der Waals surface area (Å²) in [5.41, 5.74) is 0.0359. The van der Waals surface area contributed by atoms with Gasteiger partial charge < -0.3 is 10.6 Å². The molecule has 0 aliphatic rings. The molecule has 0 unspecified atom stereocenters. The van der Waals surface area contributed by atoms with Crippen LogP contribution >= 0.6 is 0 Å². The molecule has 0 radical (unpaired) electrons. The molecular formula is C15H18N4O3. The van der Waals surface area contributed by atoms with Crippen LogP contribution in [-0.4, -0.2) is 34.7 Å². The predicted molar refractivity (Wildman–Crippen MR) is 82.7 cm³/mol. The first-order valence-electron chi connectivity index (χ1n) is 7.13. The molecule has 0 bridgehead atoms. The number of aryl methyl sites for hydroxylation is 1. The minimum atomic E-state index is -0.649. The number of carbonyl (C=O) groups is 2. The van der Waals surface area contributed by atoms with Gasteiger partial charge in [0.15, 0.2) is 5.69 Å². The molecule has 22 heavy (non-hydrogen) atoms. The number of hydrogen-bond acceptors (Lipinski definition) is 4. The van der Waals surface area contributed by atoms with Crippen LogP contribution in [0.2, 0.25) is 0 Å². The van der Waals surface area contributed by atoms with Crippen molar-refractivity contribution in [3.63, 3.8) is 0 Å². The van der Waals surface area contributed by atoms with E-state index in [0.29, 0.717) is 24.0 Å². The Bertz CT molecular complexity index is 767. The fourth-order valence-corrected chi connectivity index (χ4v) is 2.13. The van der Waals surface area contributed by atoms with Crippen LogP contribution in [0.1, 0.15) is 24.3 Å². The highest BCUT2D eigenvalue weighted by molar-refractivity contribution is 5.97. The SMILES string of the molecule is CCNC(=O)CNC(=O)c1nn(CC)c2ccccc2c1=O. The Morgan fingerprint density at radius 3 is 2.59 bits per heavy atom. The van der Waals surface area contributed by atoms with Crippen molar-refractivity contribution in [1.82, 2.24) is 20.4 Å². The van der Waals surface area contributed by atoms with Gasteiger partial charge in [0.25, 0.3) is 5.91 Å². The van der Waals surface area contributed by atoms with Gasteiger partial charge in [0.2, 0.25) is 11.3 Å². The molecule has 2 aromatic rings. The number of amides is 2. The van der Waals surface area contributed by atoms with Crippen molar-refractivity contribution >= 4 is 22.7 Å². The van der Waals surface area contributed by atoms with Gasteiger partial charge in [-0.25, -0.2) is 0 Å². The standard InChI is InChI=1S/C15H18N4O3/c1-3-16-12(20)9-17-15(22)13-14(21)10-7-5-6-8-11(10)19(4-2)18-13/h5-8H,3-4,9H2,1-2H3,(H,16,20)(H,17,22). The van der Waals surface area contributed by atoms with E-state index in [1.54, 1.807) is 29.8 Å². The van der Waals surface area contributed by atoms with E-state index in [1.807, 2.05) is 13.0 Å². The summed E-state index contributed by atoms with van der Waals surface area (Å²) in [5.74, 6) is -0.961. The summed E-state index contributed by atoms with van der Waals surface area (Å²) < 4.78 is 1.60. The smallest absolute Gasteiger partial charge is 0.276 e. The molecule has 1 heterocycles. The fourth-order valence-electron chi connectivity index (χ4n) is 2.13. The van der Waals surface area contributed by atoms with Gasteiger partial charge >= 0.3 is 0 Å². The first-order chi connectivity index (χ1) is 10.6. The number of benzene rings is 1. The molecule has 1 aromatic carbocycles. The lowest BCUT2D eigenvalue weighted by Gasteiger charge is -2.10. The monoisotopic (exact) mass is 302 g/mol. The molecule has 2 N–H and O–H groups in total. The number of nitrogens with one attached hydrogen (secondary N) is 2. The van der Waals surface area contributed by atoms with Gasteiger partial charge in [-0.05, 0) is 26.0 Å². The van der Waals surface area contributed by atoms with E-state index in [2.05, 4.69) is 15.7 Å². The minimum Gasteiger partial charge on any atom is -0.355 e. The highest BCUT2D eigenvalue weighted by atomic mass is 16.2. The zero-order valence-electron chi connectivity index (χ0n) is 12.5. The molecule has 0 saturated heterocycles. The molecule has 1 aromatic heterocycles. The average Bonchev–Trinajstić information content (AvgIpc) is 2.53. The lowest BCUT2D eigenvalue weighted by Crippen LogP contribution is -2.39. The summed E-state index contributed by atoms with van der Waals surface area (Å²) in [4.78, 5) is 35.9. The molecule has 0 saturated carbocycles. The average molecular weight is 302 g/mol. The topological polar surface area (TPSA) is 93.1 Å². The molecule has 0 spiro atoms. The van der Waals surface area contributed by atoms with Crippen molar-refractivity contribution in [1.29, 1.82) is 0 Å². The predicted octanol–water partition coefficient (Wildman–Crippen LogP) is 0.282. The molecule has 0 fully saturated rings. The van der Waals surface area contributed by atoms with E-state index in [9.17, 15) is 14.4 Å². The zero-order chi connectivity index (χ0) is 16.1. The quantitative estimate of drug-likeness (QED) is 0.830. The van der Waals surface area contributed by atoms with Crippen molar-refractivity contribution < 1.29 is 9.59 Å². The molecule has 2 rings (SSSR count). The van der Waals surface area contributed by atoms with Crippen LogP contribution < -0.4 is 16.1 Å². The molecule has 116 valence electrons. The maximum Gasteiger partial charge on any atom is 0.276 e. The van der Waals surface area contributed by atoms with Crippen LogP contribution in [0.15, 0.2) is 29.1 Å². The second kappa shape index (κ2) is 6.84. The van der Waals surface area contributed by atoms with Crippen LogP contribution in [0.5, 0.6) is 0 Å². The number of carbonyl (C=O) groups excluding carboxylic acids is 2. The van der Waals surface area contributed by atoms with Gasteiger partial charge in [0.05, 0.1) is 12.1 Å². The van der Waals surface area contributed by atoms with E-state index >= 15 is 0 Å². The summed E-state index contributed by atoms with van der Waals surface area (Å²) in [7, 11) is 0. The highest BCUT2D eigenvalue weighted by Gasteiger charge is 2.17. The summed E-state index contributed by atoms with van der Waals surface area (Å²) in [5, 5.41) is 9.51. The molecule has 0 atom stereocenters. The summed E-state index contributed by atoms with van der Waals surface area (Å²) in [6.45, 7) is 4.47. The van der Waals surface area contributed by atoms with Crippen molar-refractivity contribution in [3.05, 3.63) is 40.2 Å². The van der Waals surface area contributed by atoms with E-state index in [0.717, 1.165) is 0 Å². The third-order valence-corrected chi connectivity index (χ3v) is 3.16. The Balaban J connectivity index is 2.35. The van der Waals surface area contributed by atoms with Crippen LogP contribution in [0, 0.1) is 0 Å². The number of rotatable bonds is 5. The molecule has 0 aliphatic heterocycles. The Hall–Kier alpha value is -2.70. The third kappa shape index (κ3) is 3.13. The first-order valence-corrected chi connectivity index (χ1v) is 7.13. The van der Waals surface area contributed by atoms with Gasteiger partial charge in [-0.1, -0.05) is 12.1 Å². The highest BCUT2D eigenvalue weighted by Crippen LogP contribution is 2.09. The second-order valence-corrected chi connectivity index (χ2v) is 4.65. The largest absolute Gasteiger partial charge is 0.355 e. The second-order valence-electron chi connectivity index (χ2n) is 4.65. The van der Waals surface area contributed by atoms with Gasteiger partial charge in [-0.3, -0.25) is 19.1 Å². The Morgan fingerprint density at radius 2 is 1.91 bits per heavy atom. The van der Waals surface area contributed by atoms with Crippen molar-refractivity contribution in [2.45, 2.75) is 20.4 Å². The van der Waals surface area contributed by atoms with E-state index in [4.69, 9.17) is 0 Å². The van der Waals surface area contributed by atoms with Gasteiger partial charge in [0.1, 0.15) is 0 Å². The fraction of sp³-hybridized carbons (Fsp3) is 0.333. The summed E-state index contributed by atoms with van der Waals surface area (Å²) >= 11 is 0. The minimum absolute atomic E-state index is 0.188.